The normalized spacial score (nSPS) is 11.6. The molecule has 0 unspecified atom stereocenters. The minimum absolute atomic E-state index is 0.0824. The molecule has 0 aliphatic heterocycles. The van der Waals surface area contributed by atoms with Crippen LogP contribution in [0.5, 0.6) is 0 Å². The predicted octanol–water partition coefficient (Wildman–Crippen LogP) is 3.33. The number of carbonyl (C=O) groups excluding carboxylic acids is 1. The monoisotopic (exact) mass is 365 g/mol. The largest absolute Gasteiger partial charge is 0.471 e. The van der Waals surface area contributed by atoms with Crippen molar-refractivity contribution in [2.45, 2.75) is 26.1 Å². The van der Waals surface area contributed by atoms with Crippen molar-refractivity contribution in [3.8, 4) is 11.4 Å². The molecule has 2 rings (SSSR count). The molecule has 11 heteroatoms. The highest BCUT2D eigenvalue weighted by atomic mass is 19.4. The third-order valence-electron chi connectivity index (χ3n) is 3.19. The topological polar surface area (TPSA) is 68.5 Å². The summed E-state index contributed by atoms with van der Waals surface area (Å²) in [6.07, 6.45) is -4.82. The fraction of sp³-hybridized carbons (Fsp3) is 0.357. The van der Waals surface area contributed by atoms with Crippen LogP contribution in [-0.2, 0) is 22.4 Å². The molecule has 0 N–H and O–H groups in total. The van der Waals surface area contributed by atoms with E-state index in [0.717, 1.165) is 17.2 Å². The molecule has 0 saturated heterocycles. The highest BCUT2D eigenvalue weighted by Crippen LogP contribution is 2.31. The molecule has 0 bridgehead atoms. The molecule has 1 amide bonds. The summed E-state index contributed by atoms with van der Waals surface area (Å²) < 4.78 is 69.6. The number of benzene rings is 1. The first-order valence-electron chi connectivity index (χ1n) is 6.91. The first-order chi connectivity index (χ1) is 11.7. The average Bonchev–Trinajstić information content (AvgIpc) is 3.05. The Morgan fingerprint density at radius 1 is 1.28 bits per heavy atom. The number of hydroxylamine groups is 2. The summed E-state index contributed by atoms with van der Waals surface area (Å²) >= 11 is 0. The summed E-state index contributed by atoms with van der Waals surface area (Å²) in [5, 5.41) is 3.83. The number of alkyl halides is 3. The zero-order valence-electron chi connectivity index (χ0n) is 13.0. The van der Waals surface area contributed by atoms with Gasteiger partial charge in [0, 0.05) is 12.0 Å². The summed E-state index contributed by atoms with van der Waals surface area (Å²) in [6.45, 7) is 1.18. The number of hydrogen-bond acceptors (Lipinski definition) is 5. The van der Waals surface area contributed by atoms with Crippen molar-refractivity contribution in [1.82, 2.24) is 15.2 Å². The molecule has 0 saturated carbocycles. The van der Waals surface area contributed by atoms with Crippen molar-refractivity contribution in [3.05, 3.63) is 35.2 Å². The van der Waals surface area contributed by atoms with Crippen LogP contribution < -0.4 is 0 Å². The molecule has 1 heterocycles. The molecular weight excluding hydrogens is 353 g/mol. The number of rotatable bonds is 5. The number of halogens is 5. The van der Waals surface area contributed by atoms with Crippen LogP contribution in [0.15, 0.2) is 16.7 Å². The van der Waals surface area contributed by atoms with Crippen molar-refractivity contribution in [3.63, 3.8) is 0 Å². The van der Waals surface area contributed by atoms with E-state index in [4.69, 9.17) is 4.84 Å². The Bertz CT molecular complexity index is 776. The summed E-state index contributed by atoms with van der Waals surface area (Å²) in [5.74, 6) is -5.71. The van der Waals surface area contributed by atoms with Crippen LogP contribution in [0.2, 0.25) is 0 Å². The second-order valence-electron chi connectivity index (χ2n) is 4.79. The lowest BCUT2D eigenvalue weighted by Gasteiger charge is -2.19. The number of carbonyl (C=O) groups is 1. The number of nitrogens with zero attached hydrogens (tertiary/aromatic N) is 3. The fourth-order valence-electron chi connectivity index (χ4n) is 1.92. The first kappa shape index (κ1) is 18.8. The SMILES string of the molecule is CCC(=O)N(Cc1ccc(-c2noc(C(F)(F)F)n2)c(F)c1F)OC. The van der Waals surface area contributed by atoms with Gasteiger partial charge in [-0.15, -0.1) is 0 Å². The number of hydrogen-bond donors (Lipinski definition) is 0. The third kappa shape index (κ3) is 3.92. The summed E-state index contributed by atoms with van der Waals surface area (Å²) in [5.41, 5.74) is -0.837. The van der Waals surface area contributed by atoms with Crippen molar-refractivity contribution < 1.29 is 36.1 Å². The van der Waals surface area contributed by atoms with Crippen LogP contribution >= 0.6 is 0 Å². The van der Waals surface area contributed by atoms with Gasteiger partial charge in [0.1, 0.15) is 0 Å². The van der Waals surface area contributed by atoms with E-state index in [9.17, 15) is 26.7 Å². The van der Waals surface area contributed by atoms with Gasteiger partial charge in [0.15, 0.2) is 11.6 Å². The lowest BCUT2D eigenvalue weighted by Crippen LogP contribution is -2.29. The Labute approximate surface area is 138 Å². The van der Waals surface area contributed by atoms with E-state index in [2.05, 4.69) is 14.7 Å². The van der Waals surface area contributed by atoms with Gasteiger partial charge >= 0.3 is 12.1 Å². The van der Waals surface area contributed by atoms with Gasteiger partial charge in [-0.1, -0.05) is 18.1 Å². The van der Waals surface area contributed by atoms with E-state index >= 15 is 0 Å². The molecule has 2 aromatic rings. The highest BCUT2D eigenvalue weighted by Gasteiger charge is 2.39. The van der Waals surface area contributed by atoms with E-state index in [1.807, 2.05) is 0 Å². The smallest absolute Gasteiger partial charge is 0.329 e. The van der Waals surface area contributed by atoms with Crippen LogP contribution in [0.3, 0.4) is 0 Å². The van der Waals surface area contributed by atoms with Crippen molar-refractivity contribution in [2.75, 3.05) is 7.11 Å². The molecule has 0 aliphatic rings. The van der Waals surface area contributed by atoms with E-state index in [1.54, 1.807) is 6.92 Å². The molecule has 0 spiro atoms. The Hall–Kier alpha value is -2.56. The predicted molar refractivity (Wildman–Crippen MR) is 72.5 cm³/mol. The van der Waals surface area contributed by atoms with E-state index < -0.39 is 41.0 Å². The molecule has 25 heavy (non-hydrogen) atoms. The van der Waals surface area contributed by atoms with Gasteiger partial charge in [0.05, 0.1) is 19.2 Å². The van der Waals surface area contributed by atoms with Gasteiger partial charge in [-0.2, -0.15) is 18.2 Å². The number of amides is 1. The minimum atomic E-state index is -4.90. The Morgan fingerprint density at radius 2 is 1.96 bits per heavy atom. The molecule has 1 aromatic carbocycles. The van der Waals surface area contributed by atoms with Crippen LogP contribution in [0, 0.1) is 11.6 Å². The maximum atomic E-state index is 14.2. The van der Waals surface area contributed by atoms with Crippen LogP contribution in [-0.4, -0.2) is 28.2 Å². The van der Waals surface area contributed by atoms with E-state index in [-0.39, 0.29) is 18.5 Å². The number of aromatic nitrogens is 2. The van der Waals surface area contributed by atoms with Crippen molar-refractivity contribution in [2.24, 2.45) is 0 Å². The van der Waals surface area contributed by atoms with Crippen molar-refractivity contribution in [1.29, 1.82) is 0 Å². The maximum absolute atomic E-state index is 14.2. The second-order valence-corrected chi connectivity index (χ2v) is 4.79. The molecular formula is C14H12F5N3O3. The molecule has 0 fully saturated rings. The molecule has 0 aliphatic carbocycles. The summed E-state index contributed by atoms with van der Waals surface area (Å²) in [4.78, 5) is 19.4. The van der Waals surface area contributed by atoms with Crippen LogP contribution in [0.25, 0.3) is 11.4 Å². The Balaban J connectivity index is 2.34. The lowest BCUT2D eigenvalue weighted by atomic mass is 10.1. The van der Waals surface area contributed by atoms with Gasteiger partial charge in [0.25, 0.3) is 0 Å². The standard InChI is InChI=1S/C14H12F5N3O3/c1-3-9(23)22(24-2)6-7-4-5-8(11(16)10(7)15)12-20-13(25-21-12)14(17,18)19/h4-5H,3,6H2,1-2H3. The maximum Gasteiger partial charge on any atom is 0.471 e. The molecule has 1 aromatic heterocycles. The quantitative estimate of drug-likeness (QED) is 0.601. The molecule has 0 atom stereocenters. The van der Waals surface area contributed by atoms with Gasteiger partial charge in [0.2, 0.25) is 11.7 Å². The van der Waals surface area contributed by atoms with E-state index in [1.165, 1.54) is 7.11 Å². The summed E-state index contributed by atoms with van der Waals surface area (Å²) in [6, 6.07) is 2.08. The average molecular weight is 365 g/mol. The van der Waals surface area contributed by atoms with Crippen LogP contribution in [0.4, 0.5) is 22.0 Å². The molecule has 6 nitrogen and oxygen atoms in total. The second kappa shape index (κ2) is 7.13. The van der Waals surface area contributed by atoms with Gasteiger partial charge in [-0.05, 0) is 6.07 Å². The highest BCUT2D eigenvalue weighted by molar-refractivity contribution is 5.74. The fourth-order valence-corrected chi connectivity index (χ4v) is 1.92. The lowest BCUT2D eigenvalue weighted by molar-refractivity contribution is -0.179. The molecule has 0 radical (unpaired) electrons. The Morgan fingerprint density at radius 3 is 2.48 bits per heavy atom. The van der Waals surface area contributed by atoms with Crippen LogP contribution in [0.1, 0.15) is 24.8 Å². The molecule has 136 valence electrons. The minimum Gasteiger partial charge on any atom is -0.329 e. The third-order valence-corrected chi connectivity index (χ3v) is 3.19. The zero-order valence-corrected chi connectivity index (χ0v) is 13.0. The Kier molecular flexibility index (Phi) is 5.36. The first-order valence-corrected chi connectivity index (χ1v) is 6.91. The summed E-state index contributed by atoms with van der Waals surface area (Å²) in [7, 11) is 1.19. The zero-order chi connectivity index (χ0) is 18.8. The van der Waals surface area contributed by atoms with Crippen molar-refractivity contribution >= 4 is 5.91 Å². The van der Waals surface area contributed by atoms with Gasteiger partial charge < -0.3 is 4.52 Å². The van der Waals surface area contributed by atoms with E-state index in [0.29, 0.717) is 0 Å². The van der Waals surface area contributed by atoms with Gasteiger partial charge in [-0.25, -0.2) is 13.8 Å². The van der Waals surface area contributed by atoms with Gasteiger partial charge in [-0.3, -0.25) is 9.63 Å².